The van der Waals surface area contributed by atoms with Crippen LogP contribution in [-0.2, 0) is 4.79 Å². The number of nitrogens with zero attached hydrogens (tertiary/aromatic N) is 1. The van der Waals surface area contributed by atoms with E-state index in [0.29, 0.717) is 24.4 Å². The van der Waals surface area contributed by atoms with Gasteiger partial charge in [-0.1, -0.05) is 26.7 Å². The maximum Gasteiger partial charge on any atom is 0.236 e. The third-order valence-corrected chi connectivity index (χ3v) is 4.35. The second-order valence-corrected chi connectivity index (χ2v) is 6.79. The molecule has 2 rings (SSSR count). The molecule has 0 aromatic carbocycles. The first-order valence-electron chi connectivity index (χ1n) is 8.17. The second kappa shape index (κ2) is 7.28. The predicted molar refractivity (Wildman–Crippen MR) is 79.0 cm³/mol. The van der Waals surface area contributed by atoms with Crippen LogP contribution < -0.4 is 5.32 Å². The topological polar surface area (TPSA) is 32.3 Å². The summed E-state index contributed by atoms with van der Waals surface area (Å²) >= 11 is 0. The van der Waals surface area contributed by atoms with Gasteiger partial charge in [0.05, 0.1) is 6.54 Å². The van der Waals surface area contributed by atoms with E-state index in [9.17, 15) is 4.79 Å². The van der Waals surface area contributed by atoms with E-state index in [2.05, 4.69) is 24.1 Å². The summed E-state index contributed by atoms with van der Waals surface area (Å²) < 4.78 is 0. The molecule has 1 N–H and O–H groups in total. The quantitative estimate of drug-likeness (QED) is 0.802. The van der Waals surface area contributed by atoms with Crippen LogP contribution in [0.4, 0.5) is 0 Å². The number of carbonyl (C=O) groups excluding carboxylic acids is 1. The molecule has 0 aromatic rings. The van der Waals surface area contributed by atoms with Gasteiger partial charge in [-0.2, -0.15) is 0 Å². The zero-order valence-electron chi connectivity index (χ0n) is 12.7. The largest absolute Gasteiger partial charge is 0.339 e. The lowest BCUT2D eigenvalue weighted by Gasteiger charge is -2.31. The third-order valence-electron chi connectivity index (χ3n) is 4.35. The average Bonchev–Trinajstić information content (AvgIpc) is 3.15. The summed E-state index contributed by atoms with van der Waals surface area (Å²) in [6, 6.07) is 0.484. The predicted octanol–water partition coefficient (Wildman–Crippen LogP) is 2.80. The molecule has 1 heterocycles. The Morgan fingerprint density at radius 3 is 2.68 bits per heavy atom. The van der Waals surface area contributed by atoms with E-state index in [0.717, 1.165) is 25.4 Å². The second-order valence-electron chi connectivity index (χ2n) is 6.79. The minimum absolute atomic E-state index is 0.327. The standard InChI is InChI=1S/C16H30N2O/c1-13(2)10-15-6-4-3-5-9-18(15)16(19)12-17-11-14-7-8-14/h13-15,17H,3-12H2,1-2H3. The molecule has 19 heavy (non-hydrogen) atoms. The van der Waals surface area contributed by atoms with Gasteiger partial charge in [0.1, 0.15) is 0 Å². The van der Waals surface area contributed by atoms with Crippen LogP contribution in [0.2, 0.25) is 0 Å². The Kier molecular flexibility index (Phi) is 5.68. The number of amides is 1. The summed E-state index contributed by atoms with van der Waals surface area (Å²) in [5.74, 6) is 1.86. The van der Waals surface area contributed by atoms with Gasteiger partial charge in [0.2, 0.25) is 5.91 Å². The van der Waals surface area contributed by atoms with Crippen molar-refractivity contribution in [3.8, 4) is 0 Å². The minimum atomic E-state index is 0.327. The molecule has 110 valence electrons. The molecule has 3 nitrogen and oxygen atoms in total. The number of rotatable bonds is 6. The van der Waals surface area contributed by atoms with Crippen LogP contribution in [0.5, 0.6) is 0 Å². The number of likely N-dealkylation sites (tertiary alicyclic amines) is 1. The molecule has 2 fully saturated rings. The van der Waals surface area contributed by atoms with Crippen molar-refractivity contribution in [3.63, 3.8) is 0 Å². The van der Waals surface area contributed by atoms with Gasteiger partial charge in [-0.3, -0.25) is 4.79 Å². The van der Waals surface area contributed by atoms with E-state index in [1.807, 2.05) is 0 Å². The number of carbonyl (C=O) groups is 1. The van der Waals surface area contributed by atoms with Crippen LogP contribution in [0.3, 0.4) is 0 Å². The van der Waals surface area contributed by atoms with Crippen molar-refractivity contribution < 1.29 is 4.79 Å². The van der Waals surface area contributed by atoms with Crippen LogP contribution in [0, 0.1) is 11.8 Å². The van der Waals surface area contributed by atoms with E-state index in [4.69, 9.17) is 0 Å². The van der Waals surface area contributed by atoms with Crippen molar-refractivity contribution in [1.29, 1.82) is 0 Å². The minimum Gasteiger partial charge on any atom is -0.339 e. The molecule has 1 amide bonds. The summed E-state index contributed by atoms with van der Waals surface area (Å²) in [7, 11) is 0. The van der Waals surface area contributed by atoms with Crippen molar-refractivity contribution >= 4 is 5.91 Å². The molecular weight excluding hydrogens is 236 g/mol. The lowest BCUT2D eigenvalue weighted by Crippen LogP contribution is -2.45. The van der Waals surface area contributed by atoms with Crippen molar-refractivity contribution in [2.75, 3.05) is 19.6 Å². The SMILES string of the molecule is CC(C)CC1CCCCCN1C(=O)CNCC1CC1. The maximum atomic E-state index is 12.4. The Morgan fingerprint density at radius 1 is 1.21 bits per heavy atom. The number of hydrogen-bond acceptors (Lipinski definition) is 2. The fourth-order valence-electron chi connectivity index (χ4n) is 3.10. The lowest BCUT2D eigenvalue weighted by molar-refractivity contribution is -0.132. The molecule has 1 atom stereocenters. The van der Waals surface area contributed by atoms with E-state index >= 15 is 0 Å². The monoisotopic (exact) mass is 266 g/mol. The van der Waals surface area contributed by atoms with Crippen LogP contribution in [-0.4, -0.2) is 36.5 Å². The Labute approximate surface area is 118 Å². The maximum absolute atomic E-state index is 12.4. The van der Waals surface area contributed by atoms with Crippen LogP contribution >= 0.6 is 0 Å². The summed E-state index contributed by atoms with van der Waals surface area (Å²) in [6.07, 6.45) is 8.82. The van der Waals surface area contributed by atoms with Crippen molar-refractivity contribution in [2.24, 2.45) is 11.8 Å². The highest BCUT2D eigenvalue weighted by molar-refractivity contribution is 5.78. The Bertz CT molecular complexity index is 286. The fraction of sp³-hybridized carbons (Fsp3) is 0.938. The van der Waals surface area contributed by atoms with Crippen LogP contribution in [0.25, 0.3) is 0 Å². The molecule has 0 bridgehead atoms. The molecule has 1 unspecified atom stereocenters. The molecule has 0 radical (unpaired) electrons. The summed E-state index contributed by atoms with van der Waals surface area (Å²) in [6.45, 7) is 7.08. The van der Waals surface area contributed by atoms with E-state index in [1.165, 1.54) is 38.5 Å². The molecular formula is C16H30N2O. The number of nitrogens with one attached hydrogen (secondary N) is 1. The first-order chi connectivity index (χ1) is 9.16. The van der Waals surface area contributed by atoms with E-state index < -0.39 is 0 Å². The molecule has 1 aliphatic carbocycles. The van der Waals surface area contributed by atoms with Gasteiger partial charge >= 0.3 is 0 Å². The third kappa shape index (κ3) is 5.13. The zero-order chi connectivity index (χ0) is 13.7. The lowest BCUT2D eigenvalue weighted by atomic mass is 9.98. The van der Waals surface area contributed by atoms with E-state index in [1.54, 1.807) is 0 Å². The van der Waals surface area contributed by atoms with Gasteiger partial charge < -0.3 is 10.2 Å². The van der Waals surface area contributed by atoms with Crippen molar-refractivity contribution in [1.82, 2.24) is 10.2 Å². The van der Waals surface area contributed by atoms with E-state index in [-0.39, 0.29) is 0 Å². The molecule has 0 aromatic heterocycles. The number of hydrogen-bond donors (Lipinski definition) is 1. The fourth-order valence-corrected chi connectivity index (χ4v) is 3.10. The highest BCUT2D eigenvalue weighted by atomic mass is 16.2. The highest BCUT2D eigenvalue weighted by Gasteiger charge is 2.26. The Morgan fingerprint density at radius 2 is 2.00 bits per heavy atom. The van der Waals surface area contributed by atoms with Gasteiger partial charge in [0.25, 0.3) is 0 Å². The van der Waals surface area contributed by atoms with Gasteiger partial charge in [-0.15, -0.1) is 0 Å². The van der Waals surface area contributed by atoms with Gasteiger partial charge in [0.15, 0.2) is 0 Å². The Hall–Kier alpha value is -0.570. The Balaban J connectivity index is 1.81. The summed E-state index contributed by atoms with van der Waals surface area (Å²) in [5, 5.41) is 3.35. The molecule has 0 spiro atoms. The highest BCUT2D eigenvalue weighted by Crippen LogP contribution is 2.27. The smallest absolute Gasteiger partial charge is 0.236 e. The summed E-state index contributed by atoms with van der Waals surface area (Å²) in [4.78, 5) is 14.6. The normalized spacial score (nSPS) is 24.6. The summed E-state index contributed by atoms with van der Waals surface area (Å²) in [5.41, 5.74) is 0. The molecule has 1 saturated carbocycles. The average molecular weight is 266 g/mol. The first-order valence-corrected chi connectivity index (χ1v) is 8.17. The van der Waals surface area contributed by atoms with Crippen molar-refractivity contribution in [2.45, 2.75) is 64.8 Å². The molecule has 3 heteroatoms. The molecule has 2 aliphatic rings. The van der Waals surface area contributed by atoms with Gasteiger partial charge in [-0.25, -0.2) is 0 Å². The van der Waals surface area contributed by atoms with Gasteiger partial charge in [-0.05, 0) is 50.5 Å². The van der Waals surface area contributed by atoms with Crippen molar-refractivity contribution in [3.05, 3.63) is 0 Å². The van der Waals surface area contributed by atoms with Gasteiger partial charge in [0, 0.05) is 12.6 Å². The zero-order valence-corrected chi connectivity index (χ0v) is 12.7. The van der Waals surface area contributed by atoms with Crippen LogP contribution in [0.1, 0.15) is 58.8 Å². The first kappa shape index (κ1) is 14.8. The molecule has 1 aliphatic heterocycles. The van der Waals surface area contributed by atoms with Crippen LogP contribution in [0.15, 0.2) is 0 Å². The molecule has 1 saturated heterocycles.